The largest absolute Gasteiger partial charge is 0.387 e. The van der Waals surface area contributed by atoms with E-state index in [1.165, 1.54) is 0 Å². The second-order valence-electron chi connectivity index (χ2n) is 3.69. The molecule has 1 aliphatic rings. The summed E-state index contributed by atoms with van der Waals surface area (Å²) in [6.45, 7) is 2.74. The zero-order valence-corrected chi connectivity index (χ0v) is 7.26. The Balaban J connectivity index is 2.56. The lowest BCUT2D eigenvalue weighted by molar-refractivity contribution is -0.0683. The van der Waals surface area contributed by atoms with Crippen molar-refractivity contribution in [2.24, 2.45) is 11.1 Å². The Morgan fingerprint density at radius 2 is 2.18 bits per heavy atom. The van der Waals surface area contributed by atoms with Crippen LogP contribution in [-0.4, -0.2) is 31.0 Å². The van der Waals surface area contributed by atoms with Gasteiger partial charge >= 0.3 is 0 Å². The number of aliphatic hydroxyl groups is 1. The summed E-state index contributed by atoms with van der Waals surface area (Å²) in [6, 6.07) is 0. The molecule has 0 heterocycles. The smallest absolute Gasteiger partial charge is 0.0919 e. The maximum absolute atomic E-state index is 9.90. The summed E-state index contributed by atoms with van der Waals surface area (Å²) in [5, 5.41) is 9.90. The van der Waals surface area contributed by atoms with Crippen LogP contribution in [0.5, 0.6) is 0 Å². The van der Waals surface area contributed by atoms with Gasteiger partial charge in [-0.2, -0.15) is 0 Å². The molecule has 1 fully saturated rings. The van der Waals surface area contributed by atoms with Gasteiger partial charge in [0.15, 0.2) is 0 Å². The van der Waals surface area contributed by atoms with Gasteiger partial charge < -0.3 is 15.6 Å². The Bertz CT molecular complexity index is 141. The number of nitrogens with two attached hydrogens (primary N) is 1. The molecule has 1 rings (SSSR count). The van der Waals surface area contributed by atoms with Gasteiger partial charge in [0, 0.05) is 19.1 Å². The van der Waals surface area contributed by atoms with Crippen molar-refractivity contribution in [3.8, 4) is 0 Å². The SMILES string of the molecule is COCC(C)(O)C1(CN)CC1. The van der Waals surface area contributed by atoms with Crippen molar-refractivity contribution in [1.82, 2.24) is 0 Å². The van der Waals surface area contributed by atoms with Crippen LogP contribution in [0.2, 0.25) is 0 Å². The molecule has 3 N–H and O–H groups in total. The topological polar surface area (TPSA) is 55.5 Å². The van der Waals surface area contributed by atoms with E-state index in [1.54, 1.807) is 14.0 Å². The summed E-state index contributed by atoms with van der Waals surface area (Å²) in [5.74, 6) is 0. The van der Waals surface area contributed by atoms with E-state index in [1.807, 2.05) is 0 Å². The zero-order chi connectivity index (χ0) is 8.54. The third kappa shape index (κ3) is 1.41. The fraction of sp³-hybridized carbons (Fsp3) is 1.00. The normalized spacial score (nSPS) is 26.2. The van der Waals surface area contributed by atoms with Gasteiger partial charge in [0.2, 0.25) is 0 Å². The molecule has 0 aliphatic heterocycles. The molecule has 3 nitrogen and oxygen atoms in total. The Morgan fingerprint density at radius 3 is 2.45 bits per heavy atom. The molecular weight excluding hydrogens is 142 g/mol. The molecule has 0 radical (unpaired) electrons. The predicted molar refractivity (Wildman–Crippen MR) is 43.2 cm³/mol. The van der Waals surface area contributed by atoms with E-state index in [9.17, 15) is 5.11 Å². The van der Waals surface area contributed by atoms with Crippen molar-refractivity contribution in [2.75, 3.05) is 20.3 Å². The van der Waals surface area contributed by atoms with E-state index >= 15 is 0 Å². The maximum atomic E-state index is 9.90. The standard InChI is InChI=1S/C8H17NO2/c1-7(10,6-11-2)8(5-9)3-4-8/h10H,3-6,9H2,1-2H3. The first-order valence-electron chi connectivity index (χ1n) is 3.99. The highest BCUT2D eigenvalue weighted by atomic mass is 16.5. The van der Waals surface area contributed by atoms with Crippen molar-refractivity contribution < 1.29 is 9.84 Å². The second kappa shape index (κ2) is 2.73. The molecule has 1 unspecified atom stereocenters. The molecule has 66 valence electrons. The number of hydrogen-bond donors (Lipinski definition) is 2. The van der Waals surface area contributed by atoms with Crippen molar-refractivity contribution in [2.45, 2.75) is 25.4 Å². The maximum Gasteiger partial charge on any atom is 0.0919 e. The van der Waals surface area contributed by atoms with Gasteiger partial charge in [0.25, 0.3) is 0 Å². The summed E-state index contributed by atoms with van der Waals surface area (Å²) >= 11 is 0. The minimum atomic E-state index is -0.740. The summed E-state index contributed by atoms with van der Waals surface area (Å²) in [5.41, 5.74) is 4.78. The minimum absolute atomic E-state index is 0.0526. The van der Waals surface area contributed by atoms with Crippen LogP contribution in [-0.2, 0) is 4.74 Å². The van der Waals surface area contributed by atoms with E-state index < -0.39 is 5.60 Å². The highest BCUT2D eigenvalue weighted by Gasteiger charge is 2.55. The van der Waals surface area contributed by atoms with Crippen LogP contribution < -0.4 is 5.73 Å². The Kier molecular flexibility index (Phi) is 2.23. The molecule has 1 saturated carbocycles. The van der Waals surface area contributed by atoms with Gasteiger partial charge in [-0.05, 0) is 19.8 Å². The van der Waals surface area contributed by atoms with Crippen molar-refractivity contribution in [3.05, 3.63) is 0 Å². The summed E-state index contributed by atoms with van der Waals surface area (Å²) in [7, 11) is 1.60. The highest BCUT2D eigenvalue weighted by molar-refractivity contribution is 5.06. The van der Waals surface area contributed by atoms with Gasteiger partial charge in [-0.25, -0.2) is 0 Å². The third-order valence-electron chi connectivity index (χ3n) is 2.81. The average molecular weight is 159 g/mol. The van der Waals surface area contributed by atoms with Crippen molar-refractivity contribution >= 4 is 0 Å². The first-order chi connectivity index (χ1) is 5.08. The average Bonchev–Trinajstić information content (AvgIpc) is 2.66. The Morgan fingerprint density at radius 1 is 1.64 bits per heavy atom. The number of hydrogen-bond acceptors (Lipinski definition) is 3. The van der Waals surface area contributed by atoms with Crippen LogP contribution in [0.25, 0.3) is 0 Å². The number of ether oxygens (including phenoxy) is 1. The predicted octanol–water partition coefficient (Wildman–Crippen LogP) is 0.123. The molecule has 3 heteroatoms. The minimum Gasteiger partial charge on any atom is -0.387 e. The molecule has 0 aromatic rings. The Labute approximate surface area is 67.5 Å². The Hall–Kier alpha value is -0.120. The van der Waals surface area contributed by atoms with Crippen molar-refractivity contribution in [1.29, 1.82) is 0 Å². The quantitative estimate of drug-likeness (QED) is 0.612. The van der Waals surface area contributed by atoms with Crippen LogP contribution in [0.15, 0.2) is 0 Å². The molecule has 0 aromatic carbocycles. The van der Waals surface area contributed by atoms with E-state index in [4.69, 9.17) is 10.5 Å². The van der Waals surface area contributed by atoms with E-state index in [0.717, 1.165) is 12.8 Å². The van der Waals surface area contributed by atoms with Crippen LogP contribution in [0.3, 0.4) is 0 Å². The lowest BCUT2D eigenvalue weighted by atomic mass is 9.86. The monoisotopic (exact) mass is 159 g/mol. The number of methoxy groups -OCH3 is 1. The van der Waals surface area contributed by atoms with Gasteiger partial charge in [0.05, 0.1) is 12.2 Å². The van der Waals surface area contributed by atoms with Crippen LogP contribution in [0.1, 0.15) is 19.8 Å². The highest BCUT2D eigenvalue weighted by Crippen LogP contribution is 2.53. The molecule has 11 heavy (non-hydrogen) atoms. The molecule has 0 bridgehead atoms. The zero-order valence-electron chi connectivity index (χ0n) is 7.26. The summed E-state index contributed by atoms with van der Waals surface area (Å²) < 4.78 is 4.93. The first-order valence-corrected chi connectivity index (χ1v) is 3.99. The van der Waals surface area contributed by atoms with E-state index in [2.05, 4.69) is 0 Å². The first kappa shape index (κ1) is 8.97. The van der Waals surface area contributed by atoms with E-state index in [0.29, 0.717) is 13.2 Å². The molecule has 0 spiro atoms. The second-order valence-corrected chi connectivity index (χ2v) is 3.69. The fourth-order valence-electron chi connectivity index (χ4n) is 1.55. The van der Waals surface area contributed by atoms with Crippen LogP contribution in [0.4, 0.5) is 0 Å². The van der Waals surface area contributed by atoms with Gasteiger partial charge in [-0.15, -0.1) is 0 Å². The molecule has 1 atom stereocenters. The number of rotatable bonds is 4. The van der Waals surface area contributed by atoms with Crippen LogP contribution in [0, 0.1) is 5.41 Å². The molecular formula is C8H17NO2. The van der Waals surface area contributed by atoms with Gasteiger partial charge in [-0.3, -0.25) is 0 Å². The lowest BCUT2D eigenvalue weighted by Crippen LogP contribution is -2.44. The molecule has 0 aromatic heterocycles. The van der Waals surface area contributed by atoms with Crippen molar-refractivity contribution in [3.63, 3.8) is 0 Å². The summed E-state index contributed by atoms with van der Waals surface area (Å²) in [6.07, 6.45) is 2.06. The molecule has 0 amide bonds. The fourth-order valence-corrected chi connectivity index (χ4v) is 1.55. The van der Waals surface area contributed by atoms with Gasteiger partial charge in [-0.1, -0.05) is 0 Å². The lowest BCUT2D eigenvalue weighted by Gasteiger charge is -2.31. The third-order valence-corrected chi connectivity index (χ3v) is 2.81. The molecule has 0 saturated heterocycles. The summed E-state index contributed by atoms with van der Waals surface area (Å²) in [4.78, 5) is 0. The van der Waals surface area contributed by atoms with E-state index in [-0.39, 0.29) is 5.41 Å². The molecule has 1 aliphatic carbocycles. The van der Waals surface area contributed by atoms with Gasteiger partial charge in [0.1, 0.15) is 0 Å². The van der Waals surface area contributed by atoms with Crippen LogP contribution >= 0.6 is 0 Å².